The molecule has 0 radical (unpaired) electrons. The van der Waals surface area contributed by atoms with Crippen molar-refractivity contribution in [3.8, 4) is 0 Å². The molecule has 0 spiro atoms. The van der Waals surface area contributed by atoms with Crippen molar-refractivity contribution < 1.29 is 9.72 Å². The van der Waals surface area contributed by atoms with E-state index in [0.717, 1.165) is 5.56 Å². The lowest BCUT2D eigenvalue weighted by Gasteiger charge is -2.24. The van der Waals surface area contributed by atoms with E-state index in [-0.39, 0.29) is 23.3 Å². The Kier molecular flexibility index (Phi) is 3.84. The Morgan fingerprint density at radius 1 is 1.35 bits per heavy atom. The summed E-state index contributed by atoms with van der Waals surface area (Å²) in [6.07, 6.45) is 1.22. The van der Waals surface area contributed by atoms with Gasteiger partial charge in [-0.3, -0.25) is 14.9 Å². The topological polar surface area (TPSA) is 79.2 Å². The Balaban J connectivity index is 2.17. The van der Waals surface area contributed by atoms with Crippen LogP contribution in [0.5, 0.6) is 0 Å². The highest BCUT2D eigenvalue weighted by atomic mass is 16.6. The Morgan fingerprint density at radius 3 is 2.55 bits per heavy atom. The summed E-state index contributed by atoms with van der Waals surface area (Å²) in [5.41, 5.74) is 1.10. The van der Waals surface area contributed by atoms with Crippen LogP contribution in [0.3, 0.4) is 0 Å². The molecule has 1 aromatic heterocycles. The molecule has 1 N–H and O–H groups in total. The number of hydrogen-bond acceptors (Lipinski definition) is 3. The van der Waals surface area contributed by atoms with Gasteiger partial charge in [0.2, 0.25) is 0 Å². The summed E-state index contributed by atoms with van der Waals surface area (Å²) < 4.78 is 0. The summed E-state index contributed by atoms with van der Waals surface area (Å²) in [6.45, 7) is 1.91. The predicted octanol–water partition coefficient (Wildman–Crippen LogP) is 2.76. The van der Waals surface area contributed by atoms with Gasteiger partial charge in [0.25, 0.3) is 11.6 Å². The van der Waals surface area contributed by atoms with Crippen molar-refractivity contribution in [2.24, 2.45) is 0 Å². The van der Waals surface area contributed by atoms with Gasteiger partial charge in [-0.05, 0) is 12.5 Å². The molecule has 0 aliphatic rings. The summed E-state index contributed by atoms with van der Waals surface area (Å²) >= 11 is 0. The summed E-state index contributed by atoms with van der Waals surface area (Å²) in [5, 5.41) is 10.6. The molecule has 20 heavy (non-hydrogen) atoms. The van der Waals surface area contributed by atoms with Crippen molar-refractivity contribution in [2.75, 3.05) is 7.05 Å². The Hall–Kier alpha value is -2.63. The second kappa shape index (κ2) is 5.56. The number of carbonyl (C=O) groups is 1. The molecule has 0 saturated heterocycles. The number of benzene rings is 1. The highest BCUT2D eigenvalue weighted by Gasteiger charge is 2.22. The van der Waals surface area contributed by atoms with Crippen LogP contribution >= 0.6 is 0 Å². The Morgan fingerprint density at radius 2 is 2.00 bits per heavy atom. The normalized spacial score (nSPS) is 11.9. The minimum Gasteiger partial charge on any atom is -0.351 e. The van der Waals surface area contributed by atoms with Gasteiger partial charge in [-0.1, -0.05) is 30.3 Å². The predicted molar refractivity (Wildman–Crippen MR) is 74.4 cm³/mol. The second-order valence-corrected chi connectivity index (χ2v) is 4.53. The molecule has 0 unspecified atom stereocenters. The van der Waals surface area contributed by atoms with Crippen LogP contribution in [0.4, 0.5) is 5.69 Å². The van der Waals surface area contributed by atoms with Crippen molar-refractivity contribution in [3.63, 3.8) is 0 Å². The molecule has 6 nitrogen and oxygen atoms in total. The molecule has 1 atom stereocenters. The summed E-state index contributed by atoms with van der Waals surface area (Å²) in [4.78, 5) is 26.5. The molecule has 0 aliphatic heterocycles. The maximum absolute atomic E-state index is 12.3. The van der Waals surface area contributed by atoms with Crippen LogP contribution in [0.15, 0.2) is 42.6 Å². The van der Waals surface area contributed by atoms with Crippen LogP contribution in [0.25, 0.3) is 0 Å². The minimum atomic E-state index is -0.534. The lowest BCUT2D eigenvalue weighted by Crippen LogP contribution is -2.29. The summed E-state index contributed by atoms with van der Waals surface area (Å²) in [7, 11) is 1.67. The first-order valence-electron chi connectivity index (χ1n) is 6.15. The number of aromatic nitrogens is 1. The average Bonchev–Trinajstić information content (AvgIpc) is 2.96. The smallest absolute Gasteiger partial charge is 0.287 e. The quantitative estimate of drug-likeness (QED) is 0.687. The van der Waals surface area contributed by atoms with E-state index < -0.39 is 4.92 Å². The first kappa shape index (κ1) is 13.8. The molecule has 0 aliphatic carbocycles. The van der Waals surface area contributed by atoms with Gasteiger partial charge in [-0.2, -0.15) is 0 Å². The van der Waals surface area contributed by atoms with Gasteiger partial charge in [-0.15, -0.1) is 0 Å². The number of carbonyl (C=O) groups excluding carboxylic acids is 1. The number of nitrogens with zero attached hydrogens (tertiary/aromatic N) is 2. The number of rotatable bonds is 4. The fourth-order valence-corrected chi connectivity index (χ4v) is 1.93. The van der Waals surface area contributed by atoms with Crippen molar-refractivity contribution in [3.05, 3.63) is 64.0 Å². The molecule has 104 valence electrons. The first-order valence-corrected chi connectivity index (χ1v) is 6.15. The third kappa shape index (κ3) is 2.69. The van der Waals surface area contributed by atoms with Crippen LogP contribution in [-0.4, -0.2) is 27.8 Å². The van der Waals surface area contributed by atoms with Crippen molar-refractivity contribution in [1.82, 2.24) is 9.88 Å². The number of aromatic amines is 1. The molecule has 2 aromatic rings. The third-order valence-electron chi connectivity index (χ3n) is 3.29. The van der Waals surface area contributed by atoms with Crippen LogP contribution in [0.1, 0.15) is 29.0 Å². The zero-order valence-electron chi connectivity index (χ0n) is 11.2. The fourth-order valence-electron chi connectivity index (χ4n) is 1.93. The molecular weight excluding hydrogens is 258 g/mol. The van der Waals surface area contributed by atoms with E-state index >= 15 is 0 Å². The number of nitro groups is 1. The Labute approximate surface area is 116 Å². The Bertz CT molecular complexity index is 622. The molecule has 0 saturated carbocycles. The van der Waals surface area contributed by atoms with E-state index in [0.29, 0.717) is 0 Å². The van der Waals surface area contributed by atoms with E-state index in [9.17, 15) is 14.9 Å². The van der Waals surface area contributed by atoms with E-state index in [1.807, 2.05) is 37.3 Å². The minimum absolute atomic E-state index is 0.117. The van der Waals surface area contributed by atoms with Crippen LogP contribution < -0.4 is 0 Å². The fraction of sp³-hybridized carbons (Fsp3) is 0.214. The van der Waals surface area contributed by atoms with Crippen molar-refractivity contribution in [1.29, 1.82) is 0 Å². The monoisotopic (exact) mass is 273 g/mol. The van der Waals surface area contributed by atoms with Gasteiger partial charge in [0.15, 0.2) is 0 Å². The number of nitrogens with one attached hydrogen (secondary N) is 1. The standard InChI is InChI=1S/C14H15N3O3/c1-10(11-6-4-3-5-7-11)16(2)14(18)13-8-12(9-15-13)17(19)20/h3-10,15H,1-2H3/t10-/m1/s1. The number of H-pyrrole nitrogens is 1. The lowest BCUT2D eigenvalue weighted by atomic mass is 10.1. The molecule has 0 bridgehead atoms. The third-order valence-corrected chi connectivity index (χ3v) is 3.29. The first-order chi connectivity index (χ1) is 9.50. The van der Waals surface area contributed by atoms with Gasteiger partial charge >= 0.3 is 0 Å². The van der Waals surface area contributed by atoms with Crippen molar-refractivity contribution in [2.45, 2.75) is 13.0 Å². The summed E-state index contributed by atoms with van der Waals surface area (Å²) in [5.74, 6) is -0.283. The number of hydrogen-bond donors (Lipinski definition) is 1. The van der Waals surface area contributed by atoms with Crippen molar-refractivity contribution >= 4 is 11.6 Å². The molecular formula is C14H15N3O3. The maximum Gasteiger partial charge on any atom is 0.287 e. The van der Waals surface area contributed by atoms with E-state index in [2.05, 4.69) is 4.98 Å². The molecule has 1 aromatic carbocycles. The molecule has 0 fully saturated rings. The van der Waals surface area contributed by atoms with Gasteiger partial charge in [0.05, 0.1) is 17.2 Å². The largest absolute Gasteiger partial charge is 0.351 e. The average molecular weight is 273 g/mol. The van der Waals surface area contributed by atoms with Crippen LogP contribution in [0.2, 0.25) is 0 Å². The van der Waals surface area contributed by atoms with E-state index in [1.165, 1.54) is 12.3 Å². The highest BCUT2D eigenvalue weighted by molar-refractivity contribution is 5.93. The molecule has 1 heterocycles. The van der Waals surface area contributed by atoms with Gasteiger partial charge < -0.3 is 9.88 Å². The zero-order valence-corrected chi connectivity index (χ0v) is 11.2. The van der Waals surface area contributed by atoms with Gasteiger partial charge in [0.1, 0.15) is 5.69 Å². The van der Waals surface area contributed by atoms with Crippen LogP contribution in [-0.2, 0) is 0 Å². The SMILES string of the molecule is C[C@H](c1ccccc1)N(C)C(=O)c1cc([N+](=O)[O-])c[nH]1. The van der Waals surface area contributed by atoms with E-state index in [4.69, 9.17) is 0 Å². The molecule has 6 heteroatoms. The maximum atomic E-state index is 12.3. The van der Waals surface area contributed by atoms with Crippen LogP contribution in [0, 0.1) is 10.1 Å². The molecule has 1 amide bonds. The highest BCUT2D eigenvalue weighted by Crippen LogP contribution is 2.21. The lowest BCUT2D eigenvalue weighted by molar-refractivity contribution is -0.384. The zero-order chi connectivity index (χ0) is 14.7. The second-order valence-electron chi connectivity index (χ2n) is 4.53. The van der Waals surface area contributed by atoms with Gasteiger partial charge in [-0.25, -0.2) is 0 Å². The van der Waals surface area contributed by atoms with Gasteiger partial charge in [0, 0.05) is 13.1 Å². The molecule has 2 rings (SSSR count). The van der Waals surface area contributed by atoms with E-state index in [1.54, 1.807) is 11.9 Å². The summed E-state index contributed by atoms with van der Waals surface area (Å²) in [6, 6.07) is 10.7. The number of amides is 1.